The van der Waals surface area contributed by atoms with E-state index >= 15 is 0 Å². The molecule has 0 fully saturated rings. The van der Waals surface area contributed by atoms with Crippen molar-refractivity contribution in [1.82, 2.24) is 9.97 Å². The van der Waals surface area contributed by atoms with Crippen LogP contribution in [0.4, 0.5) is 5.13 Å². The molecule has 0 aliphatic carbocycles. The molecule has 1 aromatic carbocycles. The van der Waals surface area contributed by atoms with Gasteiger partial charge >= 0.3 is 0 Å². The summed E-state index contributed by atoms with van der Waals surface area (Å²) in [6, 6.07) is 11.1. The van der Waals surface area contributed by atoms with Crippen LogP contribution in [0.1, 0.15) is 5.56 Å². The Morgan fingerprint density at radius 2 is 2.08 bits per heavy atom. The highest BCUT2D eigenvalue weighted by Crippen LogP contribution is 2.28. The molecule has 0 saturated heterocycles. The third-order valence-corrected chi connectivity index (χ3v) is 4.11. The molecule has 0 spiro atoms. The minimum Gasteiger partial charge on any atom is -0.493 e. The Balaban J connectivity index is 1.59. The molecule has 2 aromatic heterocycles. The number of hydrogen-bond acceptors (Lipinski definition) is 6. The van der Waals surface area contributed by atoms with E-state index in [0.717, 1.165) is 17.0 Å². The Labute approximate surface area is 149 Å². The zero-order valence-electron chi connectivity index (χ0n) is 13.9. The van der Waals surface area contributed by atoms with Crippen molar-refractivity contribution in [2.45, 2.75) is 6.92 Å². The zero-order chi connectivity index (χ0) is 17.6. The molecular formula is C18H17N3O3S. The van der Waals surface area contributed by atoms with Crippen LogP contribution in [0.2, 0.25) is 0 Å². The Kier molecular flexibility index (Phi) is 5.25. The lowest BCUT2D eigenvalue weighted by atomic mass is 10.2. The summed E-state index contributed by atoms with van der Waals surface area (Å²) in [5.41, 5.74) is 2.54. The molecule has 3 rings (SSSR count). The second-order valence-electron chi connectivity index (χ2n) is 5.24. The second-order valence-corrected chi connectivity index (χ2v) is 6.10. The number of nitrogens with one attached hydrogen (secondary N) is 1. The topological polar surface area (TPSA) is 73.3 Å². The first-order chi connectivity index (χ1) is 12.2. The number of rotatable bonds is 6. The lowest BCUT2D eigenvalue weighted by molar-refractivity contribution is -0.118. The maximum atomic E-state index is 12.1. The summed E-state index contributed by atoms with van der Waals surface area (Å²) in [5.74, 6) is 0.834. The van der Waals surface area contributed by atoms with Gasteiger partial charge in [-0.05, 0) is 36.8 Å². The van der Waals surface area contributed by atoms with Crippen molar-refractivity contribution in [3.63, 3.8) is 0 Å². The highest BCUT2D eigenvalue weighted by Gasteiger charge is 2.11. The number of carbonyl (C=O) groups excluding carboxylic acids is 1. The highest BCUT2D eigenvalue weighted by molar-refractivity contribution is 7.14. The summed E-state index contributed by atoms with van der Waals surface area (Å²) >= 11 is 1.34. The van der Waals surface area contributed by atoms with E-state index in [4.69, 9.17) is 9.47 Å². The monoisotopic (exact) mass is 355 g/mol. The molecule has 2 heterocycles. The number of benzene rings is 1. The van der Waals surface area contributed by atoms with Crippen molar-refractivity contribution in [1.29, 1.82) is 0 Å². The maximum absolute atomic E-state index is 12.1. The number of thiazole rings is 1. The standard InChI is InChI=1S/C18H17N3O3S/c1-12-6-7-15(16(9-12)23-2)24-10-17(22)21-18-20-14(11-25-18)13-5-3-4-8-19-13/h3-9,11H,10H2,1-2H3,(H,20,21,22). The summed E-state index contributed by atoms with van der Waals surface area (Å²) in [5, 5.41) is 5.08. The first-order valence-corrected chi connectivity index (χ1v) is 8.48. The van der Waals surface area contributed by atoms with E-state index in [9.17, 15) is 4.79 Å². The van der Waals surface area contributed by atoms with Gasteiger partial charge in [0.15, 0.2) is 23.2 Å². The summed E-state index contributed by atoms with van der Waals surface area (Å²) in [6.07, 6.45) is 1.70. The van der Waals surface area contributed by atoms with Crippen LogP contribution in [-0.4, -0.2) is 29.6 Å². The molecule has 128 valence electrons. The van der Waals surface area contributed by atoms with Crippen LogP contribution in [0.15, 0.2) is 48.0 Å². The van der Waals surface area contributed by atoms with Gasteiger partial charge in [0, 0.05) is 11.6 Å². The minimum absolute atomic E-state index is 0.127. The largest absolute Gasteiger partial charge is 0.493 e. The van der Waals surface area contributed by atoms with Crippen molar-refractivity contribution >= 4 is 22.4 Å². The average Bonchev–Trinajstić information content (AvgIpc) is 3.09. The number of amides is 1. The van der Waals surface area contributed by atoms with E-state index in [1.54, 1.807) is 19.4 Å². The molecule has 0 saturated carbocycles. The van der Waals surface area contributed by atoms with E-state index < -0.39 is 0 Å². The number of aromatic nitrogens is 2. The fourth-order valence-electron chi connectivity index (χ4n) is 2.16. The van der Waals surface area contributed by atoms with Gasteiger partial charge in [-0.1, -0.05) is 12.1 Å². The quantitative estimate of drug-likeness (QED) is 0.732. The number of nitrogens with zero attached hydrogens (tertiary/aromatic N) is 2. The van der Waals surface area contributed by atoms with Crippen LogP contribution >= 0.6 is 11.3 Å². The molecular weight excluding hydrogens is 338 g/mol. The summed E-state index contributed by atoms with van der Waals surface area (Å²) < 4.78 is 10.8. The predicted molar refractivity (Wildman–Crippen MR) is 97.2 cm³/mol. The molecule has 0 unspecified atom stereocenters. The lowest BCUT2D eigenvalue weighted by Gasteiger charge is -2.10. The first kappa shape index (κ1) is 16.9. The Morgan fingerprint density at radius 1 is 1.20 bits per heavy atom. The van der Waals surface area contributed by atoms with E-state index in [1.165, 1.54) is 11.3 Å². The number of anilines is 1. The van der Waals surface area contributed by atoms with E-state index in [1.807, 2.05) is 42.6 Å². The van der Waals surface area contributed by atoms with Gasteiger partial charge in [-0.3, -0.25) is 15.1 Å². The highest BCUT2D eigenvalue weighted by atomic mass is 32.1. The second kappa shape index (κ2) is 7.76. The Hall–Kier alpha value is -2.93. The fourth-order valence-corrected chi connectivity index (χ4v) is 2.88. The summed E-state index contributed by atoms with van der Waals surface area (Å²) in [4.78, 5) is 20.7. The minimum atomic E-state index is -0.287. The summed E-state index contributed by atoms with van der Waals surface area (Å²) in [7, 11) is 1.57. The molecule has 25 heavy (non-hydrogen) atoms. The van der Waals surface area contributed by atoms with Crippen LogP contribution in [0.5, 0.6) is 11.5 Å². The van der Waals surface area contributed by atoms with Crippen molar-refractivity contribution in [2.75, 3.05) is 19.0 Å². The molecule has 6 nitrogen and oxygen atoms in total. The zero-order valence-corrected chi connectivity index (χ0v) is 14.7. The number of ether oxygens (including phenoxy) is 2. The molecule has 0 aliphatic rings. The van der Waals surface area contributed by atoms with Gasteiger partial charge in [-0.15, -0.1) is 11.3 Å². The number of methoxy groups -OCH3 is 1. The molecule has 1 amide bonds. The summed E-state index contributed by atoms with van der Waals surface area (Å²) in [6.45, 7) is 1.83. The van der Waals surface area contributed by atoms with Gasteiger partial charge in [0.25, 0.3) is 5.91 Å². The molecule has 0 aliphatic heterocycles. The van der Waals surface area contributed by atoms with Gasteiger partial charge in [-0.2, -0.15) is 0 Å². The van der Waals surface area contributed by atoms with Crippen LogP contribution in [0.3, 0.4) is 0 Å². The number of carbonyl (C=O) groups is 1. The molecule has 3 aromatic rings. The van der Waals surface area contributed by atoms with E-state index in [2.05, 4.69) is 15.3 Å². The Morgan fingerprint density at radius 3 is 2.84 bits per heavy atom. The first-order valence-electron chi connectivity index (χ1n) is 7.60. The fraction of sp³-hybridized carbons (Fsp3) is 0.167. The van der Waals surface area contributed by atoms with Gasteiger partial charge in [0.1, 0.15) is 5.69 Å². The molecule has 1 N–H and O–H groups in total. The Bertz CT molecular complexity index is 865. The van der Waals surface area contributed by atoms with Gasteiger partial charge in [-0.25, -0.2) is 4.98 Å². The van der Waals surface area contributed by atoms with Gasteiger partial charge in [0.2, 0.25) is 0 Å². The number of pyridine rings is 1. The van der Waals surface area contributed by atoms with Crippen molar-refractivity contribution in [3.05, 3.63) is 53.5 Å². The van der Waals surface area contributed by atoms with Crippen molar-refractivity contribution in [3.8, 4) is 22.9 Å². The van der Waals surface area contributed by atoms with Crippen molar-refractivity contribution < 1.29 is 14.3 Å². The van der Waals surface area contributed by atoms with Gasteiger partial charge < -0.3 is 9.47 Å². The SMILES string of the molecule is COc1cc(C)ccc1OCC(=O)Nc1nc(-c2ccccn2)cs1. The van der Waals surface area contributed by atoms with Crippen LogP contribution in [-0.2, 0) is 4.79 Å². The van der Waals surface area contributed by atoms with Crippen LogP contribution in [0, 0.1) is 6.92 Å². The smallest absolute Gasteiger partial charge is 0.264 e. The maximum Gasteiger partial charge on any atom is 0.264 e. The van der Waals surface area contributed by atoms with Crippen LogP contribution in [0.25, 0.3) is 11.4 Å². The molecule has 0 radical (unpaired) electrons. The van der Waals surface area contributed by atoms with Crippen LogP contribution < -0.4 is 14.8 Å². The molecule has 7 heteroatoms. The third-order valence-electron chi connectivity index (χ3n) is 3.36. The number of hydrogen-bond donors (Lipinski definition) is 1. The molecule has 0 atom stereocenters. The van der Waals surface area contributed by atoms with E-state index in [0.29, 0.717) is 16.6 Å². The van der Waals surface area contributed by atoms with E-state index in [-0.39, 0.29) is 12.5 Å². The molecule has 0 bridgehead atoms. The predicted octanol–water partition coefficient (Wildman–Crippen LogP) is 3.54. The normalized spacial score (nSPS) is 10.3. The lowest BCUT2D eigenvalue weighted by Crippen LogP contribution is -2.20. The average molecular weight is 355 g/mol. The third kappa shape index (κ3) is 4.33. The number of aryl methyl sites for hydroxylation is 1. The van der Waals surface area contributed by atoms with Crippen molar-refractivity contribution in [2.24, 2.45) is 0 Å². The van der Waals surface area contributed by atoms with Gasteiger partial charge in [0.05, 0.1) is 12.8 Å².